The normalized spacial score (nSPS) is 10.9. The maximum Gasteiger partial charge on any atom is 0.307 e. The van der Waals surface area contributed by atoms with Crippen LogP contribution in [0.25, 0.3) is 0 Å². The van der Waals surface area contributed by atoms with E-state index in [-0.39, 0.29) is 48.3 Å². The highest BCUT2D eigenvalue weighted by Crippen LogP contribution is 2.02. The molecule has 0 aromatic heterocycles. The van der Waals surface area contributed by atoms with Gasteiger partial charge in [0.2, 0.25) is 0 Å². The third kappa shape index (κ3) is 10.1. The summed E-state index contributed by atoms with van der Waals surface area (Å²) in [5.41, 5.74) is 1.05. The van der Waals surface area contributed by atoms with E-state index in [0.717, 1.165) is 12.0 Å². The zero-order valence-electron chi connectivity index (χ0n) is 13.8. The van der Waals surface area contributed by atoms with Gasteiger partial charge in [-0.05, 0) is 38.0 Å². The molecule has 0 amide bonds. The van der Waals surface area contributed by atoms with Crippen molar-refractivity contribution in [3.05, 3.63) is 35.6 Å². The van der Waals surface area contributed by atoms with Crippen LogP contribution in [0.3, 0.4) is 0 Å². The Bertz CT molecular complexity index is 493. The molecule has 0 atom stereocenters. The lowest BCUT2D eigenvalue weighted by molar-refractivity contribution is -0.147. The summed E-state index contributed by atoms with van der Waals surface area (Å²) < 4.78 is 17.8. The van der Waals surface area contributed by atoms with Gasteiger partial charge < -0.3 is 15.4 Å². The average Bonchev–Trinajstić information content (AvgIpc) is 2.47. The van der Waals surface area contributed by atoms with E-state index >= 15 is 0 Å². The molecule has 7 heteroatoms. The molecule has 0 aliphatic carbocycles. The summed E-state index contributed by atoms with van der Waals surface area (Å²) in [7, 11) is 1.67. The zero-order chi connectivity index (χ0) is 16.4. The minimum Gasteiger partial charge on any atom is -0.463 e. The third-order valence-electron chi connectivity index (χ3n) is 2.83. The quantitative estimate of drug-likeness (QED) is 0.298. The van der Waals surface area contributed by atoms with E-state index in [1.807, 2.05) is 13.8 Å². The molecule has 1 aromatic carbocycles. The van der Waals surface area contributed by atoms with Crippen LogP contribution in [0.1, 0.15) is 25.8 Å². The number of hydrogen-bond donors (Lipinski definition) is 2. The minimum absolute atomic E-state index is 0. The second-order valence-electron chi connectivity index (χ2n) is 5.09. The summed E-state index contributed by atoms with van der Waals surface area (Å²) in [4.78, 5) is 15.5. The molecule has 0 saturated heterocycles. The second-order valence-corrected chi connectivity index (χ2v) is 5.09. The summed E-state index contributed by atoms with van der Waals surface area (Å²) in [5, 5.41) is 6.19. The highest BCUT2D eigenvalue weighted by Gasteiger charge is 2.05. The fourth-order valence-electron chi connectivity index (χ4n) is 1.80. The predicted molar refractivity (Wildman–Crippen MR) is 101 cm³/mol. The van der Waals surface area contributed by atoms with Gasteiger partial charge in [-0.15, -0.1) is 24.0 Å². The van der Waals surface area contributed by atoms with Crippen LogP contribution < -0.4 is 10.6 Å². The van der Waals surface area contributed by atoms with Crippen molar-refractivity contribution in [2.45, 2.75) is 32.8 Å². The molecule has 1 aromatic rings. The topological polar surface area (TPSA) is 62.7 Å². The Kier molecular flexibility index (Phi) is 11.4. The van der Waals surface area contributed by atoms with Crippen LogP contribution in [-0.2, 0) is 16.0 Å². The SMILES string of the molecule is CN=C(NCCC(=O)OC(C)C)NCCc1ccc(F)cc1.I. The highest BCUT2D eigenvalue weighted by molar-refractivity contribution is 14.0. The fourth-order valence-corrected chi connectivity index (χ4v) is 1.80. The van der Waals surface area contributed by atoms with Crippen molar-refractivity contribution in [2.75, 3.05) is 20.1 Å². The number of nitrogens with zero attached hydrogens (tertiary/aromatic N) is 1. The van der Waals surface area contributed by atoms with Crippen molar-refractivity contribution >= 4 is 35.9 Å². The molecule has 23 heavy (non-hydrogen) atoms. The Balaban J connectivity index is 0.00000484. The van der Waals surface area contributed by atoms with Crippen LogP contribution in [0.15, 0.2) is 29.3 Å². The maximum absolute atomic E-state index is 12.8. The Hall–Kier alpha value is -1.38. The molecule has 0 aliphatic rings. The van der Waals surface area contributed by atoms with Crippen molar-refractivity contribution in [1.29, 1.82) is 0 Å². The van der Waals surface area contributed by atoms with Gasteiger partial charge in [-0.3, -0.25) is 9.79 Å². The molecule has 0 saturated carbocycles. The van der Waals surface area contributed by atoms with Crippen LogP contribution in [0.4, 0.5) is 4.39 Å². The smallest absolute Gasteiger partial charge is 0.307 e. The molecule has 0 aliphatic heterocycles. The standard InChI is InChI=1S/C16H24FN3O2.HI/c1-12(2)22-15(21)9-11-20-16(18-3)19-10-8-13-4-6-14(17)7-5-13;/h4-7,12H,8-11H2,1-3H3,(H2,18,19,20);1H. The molecule has 5 nitrogen and oxygen atoms in total. The zero-order valence-corrected chi connectivity index (χ0v) is 16.1. The van der Waals surface area contributed by atoms with E-state index in [1.54, 1.807) is 19.2 Å². The predicted octanol–water partition coefficient (Wildman–Crippen LogP) is 2.49. The number of carbonyl (C=O) groups is 1. The van der Waals surface area contributed by atoms with Crippen LogP contribution in [0.2, 0.25) is 0 Å². The number of benzene rings is 1. The first-order chi connectivity index (χ1) is 10.5. The van der Waals surface area contributed by atoms with Crippen molar-refractivity contribution in [2.24, 2.45) is 4.99 Å². The number of ether oxygens (including phenoxy) is 1. The first-order valence-electron chi connectivity index (χ1n) is 7.39. The average molecular weight is 437 g/mol. The lowest BCUT2D eigenvalue weighted by Gasteiger charge is -2.12. The Morgan fingerprint density at radius 2 is 1.83 bits per heavy atom. The lowest BCUT2D eigenvalue weighted by atomic mass is 10.1. The minimum atomic E-state index is -0.234. The van der Waals surface area contributed by atoms with Gasteiger partial charge in [0.1, 0.15) is 5.82 Å². The van der Waals surface area contributed by atoms with Crippen LogP contribution in [0.5, 0.6) is 0 Å². The molecule has 2 N–H and O–H groups in total. The van der Waals surface area contributed by atoms with E-state index in [1.165, 1.54) is 12.1 Å². The molecule has 0 heterocycles. The molecular weight excluding hydrogens is 412 g/mol. The van der Waals surface area contributed by atoms with E-state index in [9.17, 15) is 9.18 Å². The van der Waals surface area contributed by atoms with Crippen molar-refractivity contribution < 1.29 is 13.9 Å². The van der Waals surface area contributed by atoms with E-state index in [4.69, 9.17) is 4.74 Å². The molecule has 0 unspecified atom stereocenters. The molecular formula is C16H25FIN3O2. The summed E-state index contributed by atoms with van der Waals surface area (Å²) in [5.74, 6) is 0.159. The van der Waals surface area contributed by atoms with E-state index < -0.39 is 0 Å². The number of esters is 1. The summed E-state index contributed by atoms with van der Waals surface area (Å²) in [6, 6.07) is 6.41. The van der Waals surface area contributed by atoms with Gasteiger partial charge >= 0.3 is 5.97 Å². The molecule has 0 bridgehead atoms. The number of hydrogen-bond acceptors (Lipinski definition) is 3. The number of halogens is 2. The van der Waals surface area contributed by atoms with Gasteiger partial charge in [0, 0.05) is 20.1 Å². The van der Waals surface area contributed by atoms with Crippen molar-refractivity contribution in [3.8, 4) is 0 Å². The van der Waals surface area contributed by atoms with Gasteiger partial charge in [0.15, 0.2) is 5.96 Å². The number of guanidine groups is 1. The van der Waals surface area contributed by atoms with E-state index in [2.05, 4.69) is 15.6 Å². The monoisotopic (exact) mass is 437 g/mol. The molecule has 1 rings (SSSR count). The Morgan fingerprint density at radius 3 is 2.39 bits per heavy atom. The van der Waals surface area contributed by atoms with Crippen molar-refractivity contribution in [1.82, 2.24) is 10.6 Å². The third-order valence-corrected chi connectivity index (χ3v) is 2.83. The number of aliphatic imine (C=N–C) groups is 1. The molecule has 0 spiro atoms. The van der Waals surface area contributed by atoms with Gasteiger partial charge in [0.05, 0.1) is 12.5 Å². The summed E-state index contributed by atoms with van der Waals surface area (Å²) >= 11 is 0. The first kappa shape index (κ1) is 21.6. The van der Waals surface area contributed by atoms with Gasteiger partial charge in [-0.1, -0.05) is 12.1 Å². The summed E-state index contributed by atoms with van der Waals surface area (Å²) in [6.45, 7) is 4.77. The number of carbonyl (C=O) groups excluding carboxylic acids is 1. The summed E-state index contributed by atoms with van der Waals surface area (Å²) in [6.07, 6.45) is 0.952. The van der Waals surface area contributed by atoms with Crippen LogP contribution in [-0.4, -0.2) is 38.2 Å². The largest absolute Gasteiger partial charge is 0.463 e. The van der Waals surface area contributed by atoms with E-state index in [0.29, 0.717) is 19.0 Å². The van der Waals surface area contributed by atoms with Crippen LogP contribution >= 0.6 is 24.0 Å². The van der Waals surface area contributed by atoms with Gasteiger partial charge in [-0.2, -0.15) is 0 Å². The second kappa shape index (κ2) is 12.1. The number of nitrogens with one attached hydrogen (secondary N) is 2. The van der Waals surface area contributed by atoms with Gasteiger partial charge in [-0.25, -0.2) is 4.39 Å². The molecule has 0 fully saturated rings. The Morgan fingerprint density at radius 1 is 1.22 bits per heavy atom. The molecule has 0 radical (unpaired) electrons. The number of rotatable bonds is 7. The lowest BCUT2D eigenvalue weighted by Crippen LogP contribution is -2.39. The first-order valence-corrected chi connectivity index (χ1v) is 7.39. The molecule has 130 valence electrons. The van der Waals surface area contributed by atoms with Gasteiger partial charge in [0.25, 0.3) is 0 Å². The van der Waals surface area contributed by atoms with Crippen LogP contribution in [0, 0.1) is 5.82 Å². The van der Waals surface area contributed by atoms with Crippen molar-refractivity contribution in [3.63, 3.8) is 0 Å². The fraction of sp³-hybridized carbons (Fsp3) is 0.500. The highest BCUT2D eigenvalue weighted by atomic mass is 127. The Labute approximate surface area is 154 Å². The maximum atomic E-state index is 12.8.